The third-order valence-corrected chi connectivity index (χ3v) is 3.77. The first-order valence-corrected chi connectivity index (χ1v) is 7.57. The molecule has 120 valence electrons. The SMILES string of the molecule is O=[N+]([O-])c1ccc(C(O)Cc2cccc(-c3ccccc3)n2)cc1. The molecule has 3 rings (SSSR count). The summed E-state index contributed by atoms with van der Waals surface area (Å²) in [6, 6.07) is 21.5. The molecule has 0 aliphatic heterocycles. The van der Waals surface area contributed by atoms with Gasteiger partial charge in [-0.05, 0) is 29.8 Å². The molecule has 0 saturated heterocycles. The molecule has 1 aromatic heterocycles. The molecule has 1 unspecified atom stereocenters. The summed E-state index contributed by atoms with van der Waals surface area (Å²) in [7, 11) is 0. The molecular formula is C19H16N2O3. The van der Waals surface area contributed by atoms with E-state index in [-0.39, 0.29) is 5.69 Å². The van der Waals surface area contributed by atoms with Crippen LogP contribution in [0.4, 0.5) is 5.69 Å². The van der Waals surface area contributed by atoms with Crippen molar-refractivity contribution in [2.45, 2.75) is 12.5 Å². The van der Waals surface area contributed by atoms with Crippen LogP contribution in [0.2, 0.25) is 0 Å². The van der Waals surface area contributed by atoms with Crippen LogP contribution in [0.25, 0.3) is 11.3 Å². The maximum Gasteiger partial charge on any atom is 0.269 e. The lowest BCUT2D eigenvalue weighted by molar-refractivity contribution is -0.384. The highest BCUT2D eigenvalue weighted by molar-refractivity contribution is 5.58. The average Bonchev–Trinajstić information content (AvgIpc) is 2.63. The van der Waals surface area contributed by atoms with E-state index in [1.165, 1.54) is 12.1 Å². The number of benzene rings is 2. The van der Waals surface area contributed by atoms with Crippen molar-refractivity contribution in [1.29, 1.82) is 0 Å². The molecule has 0 amide bonds. The van der Waals surface area contributed by atoms with Crippen LogP contribution in [0.3, 0.4) is 0 Å². The Balaban J connectivity index is 1.77. The third kappa shape index (κ3) is 3.64. The number of aromatic nitrogens is 1. The molecule has 1 N–H and O–H groups in total. The second kappa shape index (κ2) is 7.02. The van der Waals surface area contributed by atoms with Gasteiger partial charge in [0.05, 0.1) is 16.7 Å². The zero-order chi connectivity index (χ0) is 16.9. The van der Waals surface area contributed by atoms with E-state index in [1.807, 2.05) is 48.5 Å². The van der Waals surface area contributed by atoms with Crippen LogP contribution in [-0.2, 0) is 6.42 Å². The first-order valence-electron chi connectivity index (χ1n) is 7.57. The van der Waals surface area contributed by atoms with Crippen LogP contribution in [-0.4, -0.2) is 15.0 Å². The third-order valence-electron chi connectivity index (χ3n) is 3.77. The molecule has 0 spiro atoms. The summed E-state index contributed by atoms with van der Waals surface area (Å²) in [5.74, 6) is 0. The fourth-order valence-corrected chi connectivity index (χ4v) is 2.50. The van der Waals surface area contributed by atoms with E-state index >= 15 is 0 Å². The van der Waals surface area contributed by atoms with Gasteiger partial charge in [0.25, 0.3) is 5.69 Å². The van der Waals surface area contributed by atoms with Crippen molar-refractivity contribution in [3.8, 4) is 11.3 Å². The highest BCUT2D eigenvalue weighted by Crippen LogP contribution is 2.22. The van der Waals surface area contributed by atoms with E-state index in [9.17, 15) is 15.2 Å². The van der Waals surface area contributed by atoms with Crippen LogP contribution >= 0.6 is 0 Å². The average molecular weight is 320 g/mol. The number of rotatable bonds is 5. The second-order valence-electron chi connectivity index (χ2n) is 5.45. The van der Waals surface area contributed by atoms with Gasteiger partial charge in [-0.15, -0.1) is 0 Å². The van der Waals surface area contributed by atoms with Gasteiger partial charge < -0.3 is 5.11 Å². The van der Waals surface area contributed by atoms with Crippen molar-refractivity contribution in [2.24, 2.45) is 0 Å². The Morgan fingerprint density at radius 2 is 1.67 bits per heavy atom. The fourth-order valence-electron chi connectivity index (χ4n) is 2.50. The number of nitrogens with zero attached hydrogens (tertiary/aromatic N) is 2. The van der Waals surface area contributed by atoms with Gasteiger partial charge in [0.15, 0.2) is 0 Å². The minimum Gasteiger partial charge on any atom is -0.388 e. The highest BCUT2D eigenvalue weighted by atomic mass is 16.6. The Hall–Kier alpha value is -3.05. The number of aliphatic hydroxyl groups is 1. The Morgan fingerprint density at radius 1 is 0.958 bits per heavy atom. The van der Waals surface area contributed by atoms with Crippen LogP contribution in [0.1, 0.15) is 17.4 Å². The molecular weight excluding hydrogens is 304 g/mol. The van der Waals surface area contributed by atoms with Gasteiger partial charge in [-0.3, -0.25) is 15.1 Å². The molecule has 2 aromatic carbocycles. The molecule has 1 atom stereocenters. The highest BCUT2D eigenvalue weighted by Gasteiger charge is 2.12. The van der Waals surface area contributed by atoms with Crippen LogP contribution < -0.4 is 0 Å². The topological polar surface area (TPSA) is 76.3 Å². The zero-order valence-corrected chi connectivity index (χ0v) is 12.9. The number of nitro groups is 1. The number of non-ortho nitro benzene ring substituents is 1. The van der Waals surface area contributed by atoms with Crippen molar-refractivity contribution in [2.75, 3.05) is 0 Å². The van der Waals surface area contributed by atoms with Crippen molar-refractivity contribution < 1.29 is 10.0 Å². The number of hydrogen-bond acceptors (Lipinski definition) is 4. The standard InChI is InChI=1S/C19H16N2O3/c22-19(15-9-11-17(12-10-15)21(23)24)13-16-7-4-8-18(20-16)14-5-2-1-3-6-14/h1-12,19,22H,13H2. The van der Waals surface area contributed by atoms with Crippen molar-refractivity contribution in [3.05, 3.63) is 94.2 Å². The Labute approximate surface area is 139 Å². The number of nitro benzene ring substituents is 1. The van der Waals surface area contributed by atoms with E-state index < -0.39 is 11.0 Å². The molecule has 24 heavy (non-hydrogen) atoms. The van der Waals surface area contributed by atoms with Gasteiger partial charge in [0.2, 0.25) is 0 Å². The summed E-state index contributed by atoms with van der Waals surface area (Å²) >= 11 is 0. The van der Waals surface area contributed by atoms with Crippen LogP contribution in [0.5, 0.6) is 0 Å². The quantitative estimate of drug-likeness (QED) is 0.571. The Morgan fingerprint density at radius 3 is 2.33 bits per heavy atom. The van der Waals surface area contributed by atoms with E-state index in [2.05, 4.69) is 4.98 Å². The number of pyridine rings is 1. The molecule has 1 heterocycles. The predicted octanol–water partition coefficient (Wildman–Crippen LogP) is 3.93. The van der Waals surface area contributed by atoms with Gasteiger partial charge >= 0.3 is 0 Å². The van der Waals surface area contributed by atoms with Crippen LogP contribution in [0, 0.1) is 10.1 Å². The molecule has 0 saturated carbocycles. The first-order chi connectivity index (χ1) is 11.6. The van der Waals surface area contributed by atoms with Crippen molar-refractivity contribution in [3.63, 3.8) is 0 Å². The van der Waals surface area contributed by atoms with Gasteiger partial charge in [-0.25, -0.2) is 0 Å². The maximum absolute atomic E-state index is 10.7. The maximum atomic E-state index is 10.7. The summed E-state index contributed by atoms with van der Waals surface area (Å²) in [5, 5.41) is 21.0. The summed E-state index contributed by atoms with van der Waals surface area (Å²) in [6.45, 7) is 0. The monoisotopic (exact) mass is 320 g/mol. The lowest BCUT2D eigenvalue weighted by atomic mass is 10.0. The van der Waals surface area contributed by atoms with Crippen LogP contribution in [0.15, 0.2) is 72.8 Å². The summed E-state index contributed by atoms with van der Waals surface area (Å²) in [4.78, 5) is 14.8. The van der Waals surface area contributed by atoms with Gasteiger partial charge in [0, 0.05) is 29.8 Å². The summed E-state index contributed by atoms with van der Waals surface area (Å²) in [5.41, 5.74) is 3.28. The summed E-state index contributed by atoms with van der Waals surface area (Å²) < 4.78 is 0. The first kappa shape index (κ1) is 15.8. The number of hydrogen-bond donors (Lipinski definition) is 1. The van der Waals surface area contributed by atoms with E-state index in [1.54, 1.807) is 12.1 Å². The Kier molecular flexibility index (Phi) is 4.63. The largest absolute Gasteiger partial charge is 0.388 e. The minimum atomic E-state index is -0.760. The number of aliphatic hydroxyl groups excluding tert-OH is 1. The molecule has 5 nitrogen and oxygen atoms in total. The van der Waals surface area contributed by atoms with E-state index in [0.717, 1.165) is 17.0 Å². The molecule has 0 bridgehead atoms. The molecule has 3 aromatic rings. The Bertz CT molecular complexity index is 833. The molecule has 0 fully saturated rings. The van der Waals surface area contributed by atoms with Gasteiger partial charge in [0.1, 0.15) is 0 Å². The lowest BCUT2D eigenvalue weighted by Crippen LogP contribution is -2.04. The van der Waals surface area contributed by atoms with E-state index in [4.69, 9.17) is 0 Å². The zero-order valence-electron chi connectivity index (χ0n) is 12.9. The summed E-state index contributed by atoms with van der Waals surface area (Å²) in [6.07, 6.45) is -0.414. The fraction of sp³-hybridized carbons (Fsp3) is 0.105. The van der Waals surface area contributed by atoms with E-state index in [0.29, 0.717) is 12.0 Å². The minimum absolute atomic E-state index is 0.00940. The molecule has 0 aliphatic carbocycles. The smallest absolute Gasteiger partial charge is 0.269 e. The van der Waals surface area contributed by atoms with Crippen molar-refractivity contribution in [1.82, 2.24) is 4.98 Å². The molecule has 5 heteroatoms. The predicted molar refractivity (Wildman–Crippen MR) is 91.4 cm³/mol. The molecule has 0 radical (unpaired) electrons. The normalized spacial score (nSPS) is 11.9. The van der Waals surface area contributed by atoms with Gasteiger partial charge in [-0.1, -0.05) is 36.4 Å². The van der Waals surface area contributed by atoms with Gasteiger partial charge in [-0.2, -0.15) is 0 Å². The lowest BCUT2D eigenvalue weighted by Gasteiger charge is -2.11. The second-order valence-corrected chi connectivity index (χ2v) is 5.45. The van der Waals surface area contributed by atoms with Crippen molar-refractivity contribution >= 4 is 5.69 Å². The molecule has 0 aliphatic rings.